The second-order valence-corrected chi connectivity index (χ2v) is 4.58. The van der Waals surface area contributed by atoms with Crippen LogP contribution in [0.3, 0.4) is 0 Å². The summed E-state index contributed by atoms with van der Waals surface area (Å²) in [6.45, 7) is 0.887. The van der Waals surface area contributed by atoms with E-state index in [9.17, 15) is 0 Å². The van der Waals surface area contributed by atoms with Gasteiger partial charge in [0.05, 0.1) is 18.2 Å². The highest BCUT2D eigenvalue weighted by molar-refractivity contribution is 5.61. The second kappa shape index (κ2) is 5.56. The van der Waals surface area contributed by atoms with Gasteiger partial charge in [-0.25, -0.2) is 15.0 Å². The number of H-pyrrole nitrogens is 1. The van der Waals surface area contributed by atoms with Crippen LogP contribution in [-0.4, -0.2) is 24.5 Å². The normalized spacial score (nSPS) is 10.8. The summed E-state index contributed by atoms with van der Waals surface area (Å²) >= 11 is 0. The molecule has 3 heterocycles. The molecule has 102 valence electrons. The third-order valence-corrected chi connectivity index (χ3v) is 3.16. The number of aromatic nitrogens is 5. The molecule has 6 nitrogen and oxygen atoms in total. The van der Waals surface area contributed by atoms with Crippen molar-refractivity contribution in [3.8, 4) is 11.3 Å². The maximum absolute atomic E-state index is 5.73. The average molecular weight is 268 g/mol. The molecule has 0 fully saturated rings. The first-order valence-corrected chi connectivity index (χ1v) is 6.53. The molecule has 3 N–H and O–H groups in total. The van der Waals surface area contributed by atoms with Crippen LogP contribution in [0.25, 0.3) is 11.3 Å². The molecule has 3 aromatic rings. The highest BCUT2D eigenvalue weighted by atomic mass is 15.0. The Kier molecular flexibility index (Phi) is 3.45. The summed E-state index contributed by atoms with van der Waals surface area (Å²) in [6, 6.07) is 3.80. The highest BCUT2D eigenvalue weighted by Crippen LogP contribution is 2.20. The van der Waals surface area contributed by atoms with E-state index >= 15 is 0 Å². The van der Waals surface area contributed by atoms with E-state index in [1.54, 1.807) is 12.4 Å². The lowest BCUT2D eigenvalue weighted by Crippen LogP contribution is -2.01. The van der Waals surface area contributed by atoms with E-state index < -0.39 is 0 Å². The summed E-state index contributed by atoms with van der Waals surface area (Å²) in [4.78, 5) is 15.6. The van der Waals surface area contributed by atoms with Gasteiger partial charge in [-0.2, -0.15) is 0 Å². The molecule has 6 heteroatoms. The molecule has 0 spiro atoms. The minimum atomic E-state index is 0.519. The van der Waals surface area contributed by atoms with E-state index in [0.717, 1.165) is 36.5 Å². The van der Waals surface area contributed by atoms with Crippen molar-refractivity contribution >= 4 is 5.82 Å². The van der Waals surface area contributed by atoms with Gasteiger partial charge in [0.2, 0.25) is 0 Å². The lowest BCUT2D eigenvalue weighted by atomic mass is 10.2. The molecular weight excluding hydrogens is 252 g/mol. The van der Waals surface area contributed by atoms with Crippen molar-refractivity contribution in [1.82, 2.24) is 24.5 Å². The Morgan fingerprint density at radius 3 is 3.00 bits per heavy atom. The molecule has 3 aromatic heterocycles. The van der Waals surface area contributed by atoms with Crippen molar-refractivity contribution in [1.29, 1.82) is 0 Å². The number of nitrogens with one attached hydrogen (secondary N) is 1. The number of aromatic amines is 1. The van der Waals surface area contributed by atoms with Crippen molar-refractivity contribution in [3.05, 3.63) is 49.1 Å². The topological polar surface area (TPSA) is 85.4 Å². The first-order valence-electron chi connectivity index (χ1n) is 6.53. The fourth-order valence-corrected chi connectivity index (χ4v) is 2.20. The maximum Gasteiger partial charge on any atom is 0.123 e. The van der Waals surface area contributed by atoms with Crippen LogP contribution in [0.5, 0.6) is 0 Å². The van der Waals surface area contributed by atoms with Gasteiger partial charge in [0.15, 0.2) is 0 Å². The van der Waals surface area contributed by atoms with Crippen molar-refractivity contribution in [2.45, 2.75) is 19.4 Å². The number of hydrogen-bond acceptors (Lipinski definition) is 4. The average Bonchev–Trinajstić information content (AvgIpc) is 3.10. The van der Waals surface area contributed by atoms with Gasteiger partial charge in [-0.15, -0.1) is 0 Å². The molecule has 0 aromatic carbocycles. The zero-order chi connectivity index (χ0) is 13.8. The Balaban J connectivity index is 1.70. The molecule has 0 atom stereocenters. The van der Waals surface area contributed by atoms with E-state index in [-0.39, 0.29) is 0 Å². The first-order chi connectivity index (χ1) is 9.83. The molecular formula is C14H16N6. The molecule has 0 unspecified atom stereocenters. The summed E-state index contributed by atoms with van der Waals surface area (Å²) < 4.78 is 2.12. The first kappa shape index (κ1) is 12.4. The number of rotatable bonds is 5. The number of hydrogen-bond donors (Lipinski definition) is 2. The van der Waals surface area contributed by atoms with Crippen LogP contribution in [0.1, 0.15) is 12.2 Å². The summed E-state index contributed by atoms with van der Waals surface area (Å²) in [5.41, 5.74) is 7.82. The largest absolute Gasteiger partial charge is 0.384 e. The molecule has 3 rings (SSSR count). The lowest BCUT2D eigenvalue weighted by molar-refractivity contribution is 0.635. The quantitative estimate of drug-likeness (QED) is 0.740. The monoisotopic (exact) mass is 268 g/mol. The Labute approximate surface area is 116 Å². The summed E-state index contributed by atoms with van der Waals surface area (Å²) in [5.74, 6) is 1.53. The van der Waals surface area contributed by atoms with Crippen molar-refractivity contribution < 1.29 is 0 Å². The number of nitrogen functional groups attached to an aromatic ring is 1. The van der Waals surface area contributed by atoms with Crippen molar-refractivity contribution in [3.63, 3.8) is 0 Å². The van der Waals surface area contributed by atoms with Gasteiger partial charge in [-0.1, -0.05) is 0 Å². The van der Waals surface area contributed by atoms with Crippen LogP contribution < -0.4 is 5.73 Å². The zero-order valence-corrected chi connectivity index (χ0v) is 11.0. The van der Waals surface area contributed by atoms with Gasteiger partial charge in [0.1, 0.15) is 11.6 Å². The minimum Gasteiger partial charge on any atom is -0.384 e. The van der Waals surface area contributed by atoms with E-state index in [4.69, 9.17) is 5.73 Å². The highest BCUT2D eigenvalue weighted by Gasteiger charge is 2.06. The van der Waals surface area contributed by atoms with Gasteiger partial charge in [0, 0.05) is 37.1 Å². The fraction of sp³-hybridized carbons (Fsp3) is 0.214. The molecule has 0 bridgehead atoms. The zero-order valence-electron chi connectivity index (χ0n) is 11.0. The molecule has 20 heavy (non-hydrogen) atoms. The molecule has 0 saturated heterocycles. The Hall–Kier alpha value is -2.63. The molecule has 0 aliphatic rings. The summed E-state index contributed by atoms with van der Waals surface area (Å²) in [6.07, 6.45) is 10.9. The number of nitrogens with zero attached hydrogens (tertiary/aromatic N) is 4. The van der Waals surface area contributed by atoms with Gasteiger partial charge >= 0.3 is 0 Å². The Bertz CT molecular complexity index is 671. The van der Waals surface area contributed by atoms with Gasteiger partial charge in [-0.3, -0.25) is 0 Å². The molecule has 0 saturated carbocycles. The molecule has 0 aliphatic carbocycles. The molecule has 0 amide bonds. The van der Waals surface area contributed by atoms with E-state index in [2.05, 4.69) is 24.5 Å². The van der Waals surface area contributed by atoms with E-state index in [1.165, 1.54) is 0 Å². The second-order valence-electron chi connectivity index (χ2n) is 4.58. The van der Waals surface area contributed by atoms with Crippen molar-refractivity contribution in [2.75, 3.05) is 5.73 Å². The number of anilines is 1. The Morgan fingerprint density at radius 1 is 1.25 bits per heavy atom. The Morgan fingerprint density at radius 2 is 2.20 bits per heavy atom. The number of aryl methyl sites for hydroxylation is 2. The van der Waals surface area contributed by atoms with Crippen LogP contribution in [-0.2, 0) is 13.0 Å². The number of imidazole rings is 2. The smallest absolute Gasteiger partial charge is 0.123 e. The fourth-order valence-electron chi connectivity index (χ4n) is 2.20. The SMILES string of the molecule is Nc1cc(-c2cncn2CCCc2ncc[nH]2)ccn1. The predicted molar refractivity (Wildman–Crippen MR) is 76.8 cm³/mol. The third-order valence-electron chi connectivity index (χ3n) is 3.16. The van der Waals surface area contributed by atoms with Crippen LogP contribution in [0.15, 0.2) is 43.2 Å². The van der Waals surface area contributed by atoms with Crippen LogP contribution in [0, 0.1) is 0 Å². The van der Waals surface area contributed by atoms with Crippen LogP contribution in [0.2, 0.25) is 0 Å². The van der Waals surface area contributed by atoms with Crippen molar-refractivity contribution in [2.24, 2.45) is 0 Å². The van der Waals surface area contributed by atoms with Gasteiger partial charge in [0.25, 0.3) is 0 Å². The number of nitrogens with two attached hydrogens (primary N) is 1. The van der Waals surface area contributed by atoms with E-state index in [0.29, 0.717) is 5.82 Å². The third kappa shape index (κ3) is 2.69. The van der Waals surface area contributed by atoms with Crippen LogP contribution >= 0.6 is 0 Å². The minimum absolute atomic E-state index is 0.519. The van der Waals surface area contributed by atoms with Crippen LogP contribution in [0.4, 0.5) is 5.82 Å². The summed E-state index contributed by atoms with van der Waals surface area (Å²) in [7, 11) is 0. The van der Waals surface area contributed by atoms with Gasteiger partial charge < -0.3 is 15.3 Å². The lowest BCUT2D eigenvalue weighted by Gasteiger charge is -2.08. The van der Waals surface area contributed by atoms with E-state index in [1.807, 2.05) is 30.9 Å². The standard InChI is InChI=1S/C14H16N6/c15-13-8-11(3-4-17-13)12-9-16-10-20(12)7-1-2-14-18-5-6-19-14/h3-6,8-10H,1-2,7H2,(H2,15,17)(H,18,19). The molecule has 0 aliphatic heterocycles. The number of pyridine rings is 1. The molecule has 0 radical (unpaired) electrons. The maximum atomic E-state index is 5.73. The summed E-state index contributed by atoms with van der Waals surface area (Å²) in [5, 5.41) is 0. The predicted octanol–water partition coefficient (Wildman–Crippen LogP) is 1.88. The van der Waals surface area contributed by atoms with Gasteiger partial charge in [-0.05, 0) is 18.6 Å².